The first-order valence-corrected chi connectivity index (χ1v) is 4.85. The molecule has 0 bridgehead atoms. The van der Waals surface area contributed by atoms with Gasteiger partial charge in [-0.1, -0.05) is 6.92 Å². The molecule has 0 spiro atoms. The van der Waals surface area contributed by atoms with Gasteiger partial charge in [0.05, 0.1) is 6.10 Å². The van der Waals surface area contributed by atoms with E-state index in [2.05, 4.69) is 4.52 Å². The van der Waals surface area contributed by atoms with Gasteiger partial charge in [0.1, 0.15) is 6.61 Å². The minimum Gasteiger partial charge on any atom is -0.368 e. The van der Waals surface area contributed by atoms with Gasteiger partial charge in [0.15, 0.2) is 6.29 Å². The van der Waals surface area contributed by atoms with Crippen molar-refractivity contribution in [2.75, 3.05) is 6.61 Å². The summed E-state index contributed by atoms with van der Waals surface area (Å²) in [6.45, 7) is 1.96. The molecular weight excluding hydrogens is 183 g/mol. The van der Waals surface area contributed by atoms with Crippen LogP contribution < -0.4 is 0 Å². The van der Waals surface area contributed by atoms with Crippen LogP contribution in [-0.4, -0.2) is 29.0 Å². The van der Waals surface area contributed by atoms with Gasteiger partial charge in [-0.3, -0.25) is 0 Å². The maximum atomic E-state index is 10.2. The molecule has 0 saturated carbocycles. The third-order valence-electron chi connectivity index (χ3n) is 1.89. The zero-order chi connectivity index (χ0) is 9.14. The van der Waals surface area contributed by atoms with Crippen molar-refractivity contribution in [3.8, 4) is 0 Å². The van der Waals surface area contributed by atoms with Crippen LogP contribution in [0.4, 0.5) is 0 Å². The lowest BCUT2D eigenvalue weighted by atomic mass is 10.1. The second-order valence-corrected chi connectivity index (χ2v) is 3.61. The average Bonchev–Trinajstić information content (AvgIpc) is 2.26. The standard InChI is InChI=1S/C6H11O5P/c1-4-2-6(7)11-5(4)3-10-12(8)9/h4-7H,2-3H2,1H3/p+1/t4?,5?,6-/m1/s1. The molecule has 1 saturated heterocycles. The summed E-state index contributed by atoms with van der Waals surface area (Å²) in [5, 5.41) is 9.02. The Bertz CT molecular complexity index is 173. The van der Waals surface area contributed by atoms with Crippen LogP contribution in [0.3, 0.4) is 0 Å². The van der Waals surface area contributed by atoms with Gasteiger partial charge >= 0.3 is 8.25 Å². The zero-order valence-electron chi connectivity index (χ0n) is 6.71. The molecule has 3 unspecified atom stereocenters. The van der Waals surface area contributed by atoms with Gasteiger partial charge in [-0.15, -0.1) is 9.42 Å². The Morgan fingerprint density at radius 2 is 2.42 bits per heavy atom. The van der Waals surface area contributed by atoms with E-state index in [1.165, 1.54) is 0 Å². The van der Waals surface area contributed by atoms with Crippen LogP contribution >= 0.6 is 8.25 Å². The van der Waals surface area contributed by atoms with Crippen LogP contribution in [0.25, 0.3) is 0 Å². The molecule has 1 aliphatic heterocycles. The van der Waals surface area contributed by atoms with E-state index in [9.17, 15) is 4.57 Å². The van der Waals surface area contributed by atoms with E-state index in [0.29, 0.717) is 6.42 Å². The first kappa shape index (κ1) is 10.0. The summed E-state index contributed by atoms with van der Waals surface area (Å²) in [6, 6.07) is 0. The summed E-state index contributed by atoms with van der Waals surface area (Å²) < 4.78 is 19.6. The number of ether oxygens (including phenoxy) is 1. The third kappa shape index (κ3) is 2.77. The van der Waals surface area contributed by atoms with Crippen LogP contribution in [-0.2, 0) is 13.8 Å². The van der Waals surface area contributed by atoms with E-state index in [0.717, 1.165) is 0 Å². The van der Waals surface area contributed by atoms with Crippen molar-refractivity contribution in [3.63, 3.8) is 0 Å². The lowest BCUT2D eigenvalue weighted by molar-refractivity contribution is -0.101. The summed E-state index contributed by atoms with van der Waals surface area (Å²) in [5.74, 6) is 0.162. The maximum absolute atomic E-state index is 10.2. The lowest BCUT2D eigenvalue weighted by Gasteiger charge is -2.09. The summed E-state index contributed by atoms with van der Waals surface area (Å²) in [5.41, 5.74) is 0. The number of aliphatic hydroxyl groups is 1. The molecule has 70 valence electrons. The van der Waals surface area contributed by atoms with Crippen molar-refractivity contribution in [1.29, 1.82) is 0 Å². The average molecular weight is 195 g/mol. The van der Waals surface area contributed by atoms with E-state index in [1.54, 1.807) is 0 Å². The van der Waals surface area contributed by atoms with Gasteiger partial charge in [-0.05, 0) is 5.92 Å². The quantitative estimate of drug-likeness (QED) is 0.637. The molecule has 0 radical (unpaired) electrons. The van der Waals surface area contributed by atoms with Gasteiger partial charge in [0.25, 0.3) is 0 Å². The molecule has 12 heavy (non-hydrogen) atoms. The molecule has 1 heterocycles. The van der Waals surface area contributed by atoms with Crippen LogP contribution in [0, 0.1) is 5.92 Å². The molecule has 2 N–H and O–H groups in total. The first-order chi connectivity index (χ1) is 5.59. The zero-order valence-corrected chi connectivity index (χ0v) is 7.61. The second-order valence-electron chi connectivity index (χ2n) is 2.88. The van der Waals surface area contributed by atoms with E-state index in [1.807, 2.05) is 6.92 Å². The number of aliphatic hydroxyl groups excluding tert-OH is 1. The van der Waals surface area contributed by atoms with E-state index in [-0.39, 0.29) is 18.6 Å². The molecule has 0 aliphatic carbocycles. The maximum Gasteiger partial charge on any atom is 0.694 e. The Kier molecular flexibility index (Phi) is 3.55. The SMILES string of the molecule is CC1C[C@H](O)OC1CO[P+](=O)O. The number of rotatable bonds is 3. The van der Waals surface area contributed by atoms with Crippen molar-refractivity contribution in [2.45, 2.75) is 25.7 Å². The predicted molar refractivity (Wildman–Crippen MR) is 40.4 cm³/mol. The fourth-order valence-electron chi connectivity index (χ4n) is 1.20. The summed E-state index contributed by atoms with van der Waals surface area (Å²) >= 11 is 0. The molecule has 0 amide bonds. The third-order valence-corrected chi connectivity index (χ3v) is 2.26. The number of hydrogen-bond acceptors (Lipinski definition) is 4. The smallest absolute Gasteiger partial charge is 0.368 e. The molecule has 0 aromatic rings. The van der Waals surface area contributed by atoms with Crippen LogP contribution in [0.15, 0.2) is 0 Å². The Hall–Kier alpha value is -0.0600. The number of hydrogen-bond donors (Lipinski definition) is 2. The van der Waals surface area contributed by atoms with Crippen LogP contribution in [0.2, 0.25) is 0 Å². The molecular formula is C6H12O5P+. The van der Waals surface area contributed by atoms with Crippen molar-refractivity contribution in [3.05, 3.63) is 0 Å². The summed E-state index contributed by atoms with van der Waals surface area (Å²) in [4.78, 5) is 8.33. The van der Waals surface area contributed by atoms with E-state index in [4.69, 9.17) is 14.7 Å². The Balaban J connectivity index is 2.28. The Morgan fingerprint density at radius 3 is 2.83 bits per heavy atom. The van der Waals surface area contributed by atoms with Crippen molar-refractivity contribution in [1.82, 2.24) is 0 Å². The normalized spacial score (nSPS) is 36.9. The largest absolute Gasteiger partial charge is 0.694 e. The monoisotopic (exact) mass is 195 g/mol. The van der Waals surface area contributed by atoms with E-state index < -0.39 is 14.5 Å². The predicted octanol–water partition coefficient (Wildman–Crippen LogP) is 0.396. The van der Waals surface area contributed by atoms with Gasteiger partial charge in [-0.25, -0.2) is 0 Å². The minimum absolute atomic E-state index is 0.0595. The minimum atomic E-state index is -2.56. The molecule has 1 fully saturated rings. The van der Waals surface area contributed by atoms with Crippen molar-refractivity contribution in [2.24, 2.45) is 5.92 Å². The van der Waals surface area contributed by atoms with Crippen molar-refractivity contribution < 1.29 is 23.8 Å². The highest BCUT2D eigenvalue weighted by Crippen LogP contribution is 2.27. The molecule has 0 aromatic heterocycles. The molecule has 5 nitrogen and oxygen atoms in total. The van der Waals surface area contributed by atoms with Crippen LogP contribution in [0.1, 0.15) is 13.3 Å². The Morgan fingerprint density at radius 1 is 1.75 bits per heavy atom. The molecule has 4 atom stereocenters. The summed E-state index contributed by atoms with van der Waals surface area (Å²) in [6.07, 6.45) is -0.479. The molecule has 0 aromatic carbocycles. The molecule has 1 rings (SSSR count). The summed E-state index contributed by atoms with van der Waals surface area (Å²) in [7, 11) is -2.56. The highest BCUT2D eigenvalue weighted by Gasteiger charge is 2.33. The highest BCUT2D eigenvalue weighted by molar-refractivity contribution is 7.32. The fourth-order valence-corrected chi connectivity index (χ4v) is 1.48. The second kappa shape index (κ2) is 4.25. The first-order valence-electron chi connectivity index (χ1n) is 3.72. The van der Waals surface area contributed by atoms with Crippen LogP contribution in [0.5, 0.6) is 0 Å². The van der Waals surface area contributed by atoms with Gasteiger partial charge in [0.2, 0.25) is 0 Å². The van der Waals surface area contributed by atoms with Gasteiger partial charge in [-0.2, -0.15) is 0 Å². The van der Waals surface area contributed by atoms with Crippen molar-refractivity contribution >= 4 is 8.25 Å². The molecule has 1 aliphatic rings. The Labute approximate surface area is 71.3 Å². The highest BCUT2D eigenvalue weighted by atomic mass is 31.1. The topological polar surface area (TPSA) is 76.0 Å². The van der Waals surface area contributed by atoms with Gasteiger partial charge < -0.3 is 9.84 Å². The lowest BCUT2D eigenvalue weighted by Crippen LogP contribution is -2.19. The fraction of sp³-hybridized carbons (Fsp3) is 1.00. The van der Waals surface area contributed by atoms with Gasteiger partial charge in [0, 0.05) is 11.0 Å². The van der Waals surface area contributed by atoms with E-state index >= 15 is 0 Å². The molecule has 6 heteroatoms.